The first kappa shape index (κ1) is 23.4. The van der Waals surface area contributed by atoms with Gasteiger partial charge in [0.25, 0.3) is 0 Å². The van der Waals surface area contributed by atoms with Crippen LogP contribution >= 0.6 is 0 Å². The average molecular weight is 484 g/mol. The lowest BCUT2D eigenvalue weighted by Gasteiger charge is -2.28. The Kier molecular flexibility index (Phi) is 6.55. The van der Waals surface area contributed by atoms with E-state index in [4.69, 9.17) is 14.5 Å². The van der Waals surface area contributed by atoms with Gasteiger partial charge >= 0.3 is 0 Å². The Balaban J connectivity index is 0.000000848. The molecule has 0 unspecified atom stereocenters. The standard InChI is InChI=1S/C26H26N6O.CH3NO/c1-18-15-20-4-3-19(16-24(20)30(18)2)23-17-32-10-9-27-26(32)25(29-23)28-21-5-7-22(8-6-21)31-11-13-33-14-12-31;2-1-3/h3-10,15-17H,11-14H2,1-2H3,(H,28,29);1H,(H2,2,3). The van der Waals surface area contributed by atoms with E-state index >= 15 is 0 Å². The van der Waals surface area contributed by atoms with Crippen molar-refractivity contribution in [3.05, 3.63) is 72.8 Å². The number of imidazole rings is 1. The number of rotatable bonds is 4. The smallest absolute Gasteiger partial charge is 0.204 e. The molecule has 6 rings (SSSR count). The fourth-order valence-electron chi connectivity index (χ4n) is 4.50. The minimum atomic E-state index is 0.250. The highest BCUT2D eigenvalue weighted by atomic mass is 16.5. The first-order chi connectivity index (χ1) is 17.6. The fraction of sp³-hybridized carbons (Fsp3) is 0.222. The summed E-state index contributed by atoms with van der Waals surface area (Å²) in [6.45, 7) is 5.54. The summed E-state index contributed by atoms with van der Waals surface area (Å²) in [5.74, 6) is 0.736. The number of nitrogens with one attached hydrogen (secondary N) is 1. The second-order valence-electron chi connectivity index (χ2n) is 8.66. The van der Waals surface area contributed by atoms with Gasteiger partial charge < -0.3 is 29.7 Å². The summed E-state index contributed by atoms with van der Waals surface area (Å²) in [5, 5.41) is 4.72. The van der Waals surface area contributed by atoms with Crippen LogP contribution in [0.3, 0.4) is 0 Å². The zero-order valence-electron chi connectivity index (χ0n) is 20.4. The van der Waals surface area contributed by atoms with Gasteiger partial charge in [-0.05, 0) is 48.7 Å². The van der Waals surface area contributed by atoms with Crippen molar-refractivity contribution in [2.75, 3.05) is 36.5 Å². The number of fused-ring (bicyclic) bond motifs is 2. The van der Waals surface area contributed by atoms with Gasteiger partial charge in [-0.15, -0.1) is 0 Å². The van der Waals surface area contributed by atoms with Crippen molar-refractivity contribution < 1.29 is 9.53 Å². The van der Waals surface area contributed by atoms with E-state index < -0.39 is 0 Å². The Labute approximate surface area is 209 Å². The molecule has 4 heterocycles. The molecule has 0 atom stereocenters. The van der Waals surface area contributed by atoms with Gasteiger partial charge in [-0.3, -0.25) is 4.79 Å². The van der Waals surface area contributed by atoms with E-state index in [9.17, 15) is 0 Å². The quantitative estimate of drug-likeness (QED) is 0.376. The van der Waals surface area contributed by atoms with Gasteiger partial charge in [0, 0.05) is 66.9 Å². The minimum Gasteiger partial charge on any atom is -0.378 e. The molecule has 0 aliphatic carbocycles. The van der Waals surface area contributed by atoms with Crippen molar-refractivity contribution in [3.63, 3.8) is 0 Å². The van der Waals surface area contributed by atoms with Crippen molar-refractivity contribution in [2.45, 2.75) is 6.92 Å². The molecule has 0 spiro atoms. The predicted octanol–water partition coefficient (Wildman–Crippen LogP) is 3.88. The molecule has 5 aromatic rings. The number of carbonyl (C=O) groups excluding carboxylic acids is 1. The molecule has 1 aliphatic heterocycles. The number of ether oxygens (including phenoxy) is 1. The summed E-state index contributed by atoms with van der Waals surface area (Å²) in [4.78, 5) is 20.4. The Morgan fingerprint density at radius 1 is 1.08 bits per heavy atom. The monoisotopic (exact) mass is 483 g/mol. The normalized spacial score (nSPS) is 13.4. The van der Waals surface area contributed by atoms with E-state index in [1.807, 2.05) is 16.8 Å². The van der Waals surface area contributed by atoms with Crippen molar-refractivity contribution in [2.24, 2.45) is 12.8 Å². The van der Waals surface area contributed by atoms with Crippen LogP contribution in [-0.4, -0.2) is 51.6 Å². The molecule has 36 heavy (non-hydrogen) atoms. The summed E-state index contributed by atoms with van der Waals surface area (Å²) >= 11 is 0. The summed E-state index contributed by atoms with van der Waals surface area (Å²) in [5.41, 5.74) is 11.6. The van der Waals surface area contributed by atoms with Gasteiger partial charge in [0.05, 0.1) is 18.9 Å². The number of aromatic nitrogens is 4. The number of morpholine rings is 1. The molecule has 1 amide bonds. The maximum Gasteiger partial charge on any atom is 0.204 e. The molecular formula is C27H29N7O2. The number of primary amides is 1. The third-order valence-corrected chi connectivity index (χ3v) is 6.46. The minimum absolute atomic E-state index is 0.250. The third kappa shape index (κ3) is 4.60. The van der Waals surface area contributed by atoms with Crippen molar-refractivity contribution in [1.82, 2.24) is 18.9 Å². The van der Waals surface area contributed by atoms with E-state index in [1.165, 1.54) is 22.3 Å². The van der Waals surface area contributed by atoms with E-state index in [1.54, 1.807) is 6.20 Å². The number of anilines is 3. The topological polar surface area (TPSA) is 103 Å². The summed E-state index contributed by atoms with van der Waals surface area (Å²) in [7, 11) is 2.10. The van der Waals surface area contributed by atoms with E-state index in [0.29, 0.717) is 0 Å². The predicted molar refractivity (Wildman–Crippen MR) is 143 cm³/mol. The number of hydrogen-bond donors (Lipinski definition) is 2. The maximum atomic E-state index is 8.58. The zero-order chi connectivity index (χ0) is 25.1. The largest absolute Gasteiger partial charge is 0.378 e. The molecule has 0 radical (unpaired) electrons. The number of hydrogen-bond acceptors (Lipinski definition) is 6. The van der Waals surface area contributed by atoms with Crippen molar-refractivity contribution in [1.29, 1.82) is 0 Å². The molecule has 9 heteroatoms. The van der Waals surface area contributed by atoms with E-state index in [2.05, 4.69) is 88.0 Å². The van der Waals surface area contributed by atoms with E-state index in [0.717, 1.165) is 54.7 Å². The highest BCUT2D eigenvalue weighted by molar-refractivity contribution is 5.86. The Morgan fingerprint density at radius 2 is 1.83 bits per heavy atom. The second-order valence-corrected chi connectivity index (χ2v) is 8.66. The molecule has 0 bridgehead atoms. The molecule has 1 fully saturated rings. The Hall–Kier alpha value is -4.37. The lowest BCUT2D eigenvalue weighted by atomic mass is 10.1. The number of nitrogens with two attached hydrogens (primary N) is 1. The third-order valence-electron chi connectivity index (χ3n) is 6.46. The number of amides is 1. The van der Waals surface area contributed by atoms with Crippen LogP contribution in [0, 0.1) is 6.92 Å². The van der Waals surface area contributed by atoms with Gasteiger partial charge in [-0.25, -0.2) is 9.97 Å². The first-order valence-electron chi connectivity index (χ1n) is 11.8. The molecule has 1 aliphatic rings. The van der Waals surface area contributed by atoms with Gasteiger partial charge in [-0.1, -0.05) is 12.1 Å². The second kappa shape index (κ2) is 10.1. The van der Waals surface area contributed by atoms with Gasteiger partial charge in [0.15, 0.2) is 11.5 Å². The Morgan fingerprint density at radius 3 is 2.58 bits per heavy atom. The summed E-state index contributed by atoms with van der Waals surface area (Å²) in [6, 6.07) is 17.2. The van der Waals surface area contributed by atoms with Crippen LogP contribution in [0.1, 0.15) is 5.69 Å². The van der Waals surface area contributed by atoms with Gasteiger partial charge in [0.2, 0.25) is 6.41 Å². The van der Waals surface area contributed by atoms with Crippen LogP contribution in [0.2, 0.25) is 0 Å². The maximum absolute atomic E-state index is 8.58. The highest BCUT2D eigenvalue weighted by Crippen LogP contribution is 2.29. The van der Waals surface area contributed by atoms with Crippen molar-refractivity contribution in [3.8, 4) is 11.3 Å². The van der Waals surface area contributed by atoms with Crippen molar-refractivity contribution >= 4 is 40.2 Å². The number of aryl methyl sites for hydroxylation is 2. The molecule has 2 aromatic carbocycles. The molecule has 9 nitrogen and oxygen atoms in total. The number of benzene rings is 2. The van der Waals surface area contributed by atoms with Crippen LogP contribution in [0.25, 0.3) is 27.8 Å². The molecular weight excluding hydrogens is 454 g/mol. The van der Waals surface area contributed by atoms with Gasteiger partial charge in [0.1, 0.15) is 0 Å². The number of nitrogens with zero attached hydrogens (tertiary/aromatic N) is 5. The molecule has 3 N–H and O–H groups in total. The first-order valence-corrected chi connectivity index (χ1v) is 11.8. The SMILES string of the molecule is Cc1cc2ccc(-c3cn4ccnc4c(Nc4ccc(N5CCOCC5)cc4)n3)cc2n1C.NC=O. The molecule has 1 saturated heterocycles. The van der Waals surface area contributed by atoms with E-state index in [-0.39, 0.29) is 6.41 Å². The fourth-order valence-corrected chi connectivity index (χ4v) is 4.50. The lowest BCUT2D eigenvalue weighted by Crippen LogP contribution is -2.36. The van der Waals surface area contributed by atoms with Crippen LogP contribution < -0.4 is 16.0 Å². The van der Waals surface area contributed by atoms with Gasteiger partial charge in [-0.2, -0.15) is 0 Å². The zero-order valence-corrected chi connectivity index (χ0v) is 20.4. The lowest BCUT2D eigenvalue weighted by molar-refractivity contribution is -0.106. The highest BCUT2D eigenvalue weighted by Gasteiger charge is 2.13. The Bertz CT molecular complexity index is 1500. The van der Waals surface area contributed by atoms with Crippen LogP contribution in [0.5, 0.6) is 0 Å². The number of carbonyl (C=O) groups is 1. The summed E-state index contributed by atoms with van der Waals surface area (Å²) in [6.07, 6.45) is 6.04. The summed E-state index contributed by atoms with van der Waals surface area (Å²) < 4.78 is 9.70. The van der Waals surface area contributed by atoms with Crippen LogP contribution in [-0.2, 0) is 16.6 Å². The van der Waals surface area contributed by atoms with Crippen LogP contribution in [0.4, 0.5) is 17.2 Å². The van der Waals surface area contributed by atoms with Crippen LogP contribution in [0.15, 0.2) is 67.1 Å². The molecule has 184 valence electrons. The average Bonchev–Trinajstić information content (AvgIpc) is 3.49. The molecule has 3 aromatic heterocycles. The molecule has 0 saturated carbocycles.